The molecule has 0 saturated heterocycles. The van der Waals surface area contributed by atoms with E-state index in [0.717, 1.165) is 16.6 Å². The molecular formula is C14H17N3O2. The van der Waals surface area contributed by atoms with Crippen molar-refractivity contribution in [2.24, 2.45) is 5.73 Å². The number of para-hydroxylation sites is 1. The smallest absolute Gasteiger partial charge is 0.250 e. The molecule has 1 aromatic heterocycles. The van der Waals surface area contributed by atoms with Gasteiger partial charge in [0.05, 0.1) is 17.8 Å². The quantitative estimate of drug-likeness (QED) is 0.797. The predicted octanol–water partition coefficient (Wildman–Crippen LogP) is 1.46. The average molecular weight is 259 g/mol. The van der Waals surface area contributed by atoms with Crippen LogP contribution in [0.25, 0.3) is 10.9 Å². The molecule has 0 fully saturated rings. The number of nitrogens with zero attached hydrogens (tertiary/aromatic N) is 1. The summed E-state index contributed by atoms with van der Waals surface area (Å²) in [6, 6.07) is 9.60. The second kappa shape index (κ2) is 6.26. The number of carbonyl (C=O) groups is 1. The van der Waals surface area contributed by atoms with Crippen molar-refractivity contribution in [2.45, 2.75) is 6.92 Å². The Morgan fingerprint density at radius 3 is 3.00 bits per heavy atom. The normalized spacial score (nSPS) is 10.6. The summed E-state index contributed by atoms with van der Waals surface area (Å²) in [5.41, 5.74) is 7.69. The van der Waals surface area contributed by atoms with E-state index in [9.17, 15) is 4.79 Å². The topological polar surface area (TPSA) is 77.2 Å². The third-order valence-corrected chi connectivity index (χ3v) is 2.63. The van der Waals surface area contributed by atoms with Gasteiger partial charge in [0.1, 0.15) is 6.61 Å². The molecule has 0 spiro atoms. The molecule has 5 nitrogen and oxygen atoms in total. The molecule has 0 saturated carbocycles. The minimum atomic E-state index is -0.204. The first-order valence-corrected chi connectivity index (χ1v) is 6.15. The van der Waals surface area contributed by atoms with Crippen molar-refractivity contribution < 1.29 is 9.53 Å². The second-order valence-corrected chi connectivity index (χ2v) is 4.22. The Hall–Kier alpha value is -1.98. The van der Waals surface area contributed by atoms with Crippen LogP contribution in [0.4, 0.5) is 5.69 Å². The summed E-state index contributed by atoms with van der Waals surface area (Å²) in [4.78, 5) is 16.2. The number of hydrogen-bond donors (Lipinski definition) is 2. The molecule has 3 N–H and O–H groups in total. The standard InChI is InChI=1S/C14H17N3O2/c1-10-5-6-11-3-2-4-12(14(11)16-10)17-13(18)9-19-8-7-15/h2-6H,7-9,15H2,1H3,(H,17,18). The molecule has 0 aliphatic rings. The van der Waals surface area contributed by atoms with E-state index in [1.54, 1.807) is 0 Å². The van der Waals surface area contributed by atoms with Gasteiger partial charge in [0.25, 0.3) is 0 Å². The highest BCUT2D eigenvalue weighted by atomic mass is 16.5. The van der Waals surface area contributed by atoms with Crippen LogP contribution < -0.4 is 11.1 Å². The van der Waals surface area contributed by atoms with Gasteiger partial charge < -0.3 is 15.8 Å². The third-order valence-electron chi connectivity index (χ3n) is 2.63. The SMILES string of the molecule is Cc1ccc2cccc(NC(=O)COCCN)c2n1. The molecule has 2 rings (SSSR count). The van der Waals surface area contributed by atoms with Crippen LogP contribution in [-0.4, -0.2) is 30.6 Å². The van der Waals surface area contributed by atoms with Gasteiger partial charge in [-0.2, -0.15) is 0 Å². The summed E-state index contributed by atoms with van der Waals surface area (Å²) in [6.45, 7) is 2.70. The first-order valence-electron chi connectivity index (χ1n) is 6.15. The zero-order valence-electron chi connectivity index (χ0n) is 10.8. The van der Waals surface area contributed by atoms with Gasteiger partial charge in [-0.3, -0.25) is 9.78 Å². The van der Waals surface area contributed by atoms with Crippen LogP contribution in [0.15, 0.2) is 30.3 Å². The second-order valence-electron chi connectivity index (χ2n) is 4.22. The first kappa shape index (κ1) is 13.5. The van der Waals surface area contributed by atoms with Gasteiger partial charge in [-0.25, -0.2) is 0 Å². The predicted molar refractivity (Wildman–Crippen MR) is 75.0 cm³/mol. The monoisotopic (exact) mass is 259 g/mol. The van der Waals surface area contributed by atoms with Crippen LogP contribution in [0.1, 0.15) is 5.69 Å². The molecule has 2 aromatic rings. The third kappa shape index (κ3) is 3.49. The van der Waals surface area contributed by atoms with E-state index < -0.39 is 0 Å². The van der Waals surface area contributed by atoms with Crippen LogP contribution in [0.3, 0.4) is 0 Å². The number of hydrogen-bond acceptors (Lipinski definition) is 4. The van der Waals surface area contributed by atoms with Gasteiger partial charge in [-0.05, 0) is 19.1 Å². The lowest BCUT2D eigenvalue weighted by molar-refractivity contribution is -0.120. The van der Waals surface area contributed by atoms with Crippen molar-refractivity contribution >= 4 is 22.5 Å². The van der Waals surface area contributed by atoms with E-state index in [4.69, 9.17) is 10.5 Å². The van der Waals surface area contributed by atoms with Gasteiger partial charge >= 0.3 is 0 Å². The van der Waals surface area contributed by atoms with Gasteiger partial charge in [0, 0.05) is 17.6 Å². The maximum Gasteiger partial charge on any atom is 0.250 e. The van der Waals surface area contributed by atoms with E-state index in [0.29, 0.717) is 18.8 Å². The molecular weight excluding hydrogens is 242 g/mol. The number of pyridine rings is 1. The fourth-order valence-corrected chi connectivity index (χ4v) is 1.78. The zero-order valence-corrected chi connectivity index (χ0v) is 10.8. The number of aromatic nitrogens is 1. The fourth-order valence-electron chi connectivity index (χ4n) is 1.78. The Bertz CT molecular complexity index is 584. The molecule has 19 heavy (non-hydrogen) atoms. The van der Waals surface area contributed by atoms with E-state index in [2.05, 4.69) is 10.3 Å². The van der Waals surface area contributed by atoms with Crippen molar-refractivity contribution in [3.05, 3.63) is 36.0 Å². The average Bonchev–Trinajstić information content (AvgIpc) is 2.40. The number of fused-ring (bicyclic) bond motifs is 1. The number of aryl methyl sites for hydroxylation is 1. The van der Waals surface area contributed by atoms with Crippen molar-refractivity contribution in [3.63, 3.8) is 0 Å². The zero-order chi connectivity index (χ0) is 13.7. The summed E-state index contributed by atoms with van der Waals surface area (Å²) in [6.07, 6.45) is 0. The Kier molecular flexibility index (Phi) is 4.43. The van der Waals surface area contributed by atoms with Crippen molar-refractivity contribution in [1.82, 2.24) is 4.98 Å². The number of nitrogens with one attached hydrogen (secondary N) is 1. The highest BCUT2D eigenvalue weighted by molar-refractivity contribution is 6.00. The molecule has 0 atom stereocenters. The van der Waals surface area contributed by atoms with Crippen LogP contribution in [-0.2, 0) is 9.53 Å². The largest absolute Gasteiger partial charge is 0.370 e. The molecule has 0 bridgehead atoms. The molecule has 1 heterocycles. The summed E-state index contributed by atoms with van der Waals surface area (Å²) >= 11 is 0. The minimum absolute atomic E-state index is 0.000592. The molecule has 0 unspecified atom stereocenters. The highest BCUT2D eigenvalue weighted by Crippen LogP contribution is 2.21. The fraction of sp³-hybridized carbons (Fsp3) is 0.286. The number of anilines is 1. The lowest BCUT2D eigenvalue weighted by Gasteiger charge is -2.08. The Morgan fingerprint density at radius 2 is 2.21 bits per heavy atom. The number of nitrogens with two attached hydrogens (primary N) is 1. The van der Waals surface area contributed by atoms with Crippen LogP contribution in [0.2, 0.25) is 0 Å². The molecule has 1 aromatic carbocycles. The Balaban J connectivity index is 2.16. The van der Waals surface area contributed by atoms with Crippen LogP contribution in [0, 0.1) is 6.92 Å². The summed E-state index contributed by atoms with van der Waals surface area (Å²) in [5, 5.41) is 3.80. The van der Waals surface area contributed by atoms with Crippen molar-refractivity contribution in [2.75, 3.05) is 25.1 Å². The van der Waals surface area contributed by atoms with Gasteiger partial charge in [0.2, 0.25) is 5.91 Å². The summed E-state index contributed by atoms with van der Waals surface area (Å²) < 4.78 is 5.10. The molecule has 0 aliphatic heterocycles. The Morgan fingerprint density at radius 1 is 1.37 bits per heavy atom. The number of benzene rings is 1. The van der Waals surface area contributed by atoms with Crippen molar-refractivity contribution in [1.29, 1.82) is 0 Å². The van der Waals surface area contributed by atoms with Crippen LogP contribution >= 0.6 is 0 Å². The maximum absolute atomic E-state index is 11.7. The van der Waals surface area contributed by atoms with E-state index in [-0.39, 0.29) is 12.5 Å². The van der Waals surface area contributed by atoms with E-state index in [1.165, 1.54) is 0 Å². The summed E-state index contributed by atoms with van der Waals surface area (Å²) in [5.74, 6) is -0.204. The number of carbonyl (C=O) groups excluding carboxylic acids is 1. The van der Waals surface area contributed by atoms with Gasteiger partial charge in [-0.1, -0.05) is 18.2 Å². The first-order chi connectivity index (χ1) is 9.20. The molecule has 5 heteroatoms. The van der Waals surface area contributed by atoms with Gasteiger partial charge in [-0.15, -0.1) is 0 Å². The van der Waals surface area contributed by atoms with Crippen molar-refractivity contribution in [3.8, 4) is 0 Å². The number of amides is 1. The Labute approximate surface area is 111 Å². The maximum atomic E-state index is 11.7. The molecule has 100 valence electrons. The van der Waals surface area contributed by atoms with E-state index in [1.807, 2.05) is 37.3 Å². The highest BCUT2D eigenvalue weighted by Gasteiger charge is 2.07. The summed E-state index contributed by atoms with van der Waals surface area (Å²) in [7, 11) is 0. The van der Waals surface area contributed by atoms with Gasteiger partial charge in [0.15, 0.2) is 0 Å². The molecule has 0 radical (unpaired) electrons. The van der Waals surface area contributed by atoms with E-state index >= 15 is 0 Å². The lowest BCUT2D eigenvalue weighted by atomic mass is 10.1. The number of rotatable bonds is 5. The minimum Gasteiger partial charge on any atom is -0.370 e. The van der Waals surface area contributed by atoms with Crippen LogP contribution in [0.5, 0.6) is 0 Å². The number of ether oxygens (including phenoxy) is 1. The molecule has 1 amide bonds. The lowest BCUT2D eigenvalue weighted by Crippen LogP contribution is -2.21. The molecule has 0 aliphatic carbocycles.